The van der Waals surface area contributed by atoms with Gasteiger partial charge in [0.15, 0.2) is 5.69 Å². The van der Waals surface area contributed by atoms with Crippen molar-refractivity contribution in [3.8, 4) is 10.8 Å². The summed E-state index contributed by atoms with van der Waals surface area (Å²) in [5.41, 5.74) is 2.35. The van der Waals surface area contributed by atoms with Crippen molar-refractivity contribution in [2.75, 3.05) is 26.2 Å². The van der Waals surface area contributed by atoms with E-state index in [2.05, 4.69) is 20.1 Å². The van der Waals surface area contributed by atoms with Gasteiger partial charge in [-0.05, 0) is 24.4 Å². The Morgan fingerprint density at radius 1 is 1.17 bits per heavy atom. The number of aryl methyl sites for hydroxylation is 1. The lowest BCUT2D eigenvalue weighted by Gasteiger charge is -2.34. The quantitative estimate of drug-likeness (QED) is 0.560. The lowest BCUT2D eigenvalue weighted by atomic mass is 10.2. The van der Waals surface area contributed by atoms with Gasteiger partial charge >= 0.3 is 0 Å². The monoisotopic (exact) mass is 407 g/mol. The Morgan fingerprint density at radius 2 is 2.00 bits per heavy atom. The number of hydrogen-bond donors (Lipinski definition) is 1. The van der Waals surface area contributed by atoms with Crippen LogP contribution in [0.15, 0.2) is 46.2 Å². The summed E-state index contributed by atoms with van der Waals surface area (Å²) in [5, 5.41) is 10.1. The van der Waals surface area contributed by atoms with Gasteiger partial charge in [-0.25, -0.2) is 4.98 Å². The van der Waals surface area contributed by atoms with Crippen LogP contribution in [0.4, 0.5) is 0 Å². The van der Waals surface area contributed by atoms with Crippen molar-refractivity contribution in [3.05, 3.63) is 58.9 Å². The fourth-order valence-corrected chi connectivity index (χ4v) is 4.33. The molecule has 4 aromatic rings. The maximum absolute atomic E-state index is 12.9. The van der Waals surface area contributed by atoms with Crippen molar-refractivity contribution in [1.29, 1.82) is 0 Å². The maximum atomic E-state index is 12.9. The number of piperazine rings is 1. The molecule has 5 rings (SSSR count). The van der Waals surface area contributed by atoms with Gasteiger partial charge in [-0.15, -0.1) is 11.3 Å². The number of H-pyrrole nitrogens is 1. The number of hydrogen-bond acceptors (Lipinski definition) is 6. The first kappa shape index (κ1) is 18.1. The Balaban J connectivity index is 1.23. The molecule has 148 valence electrons. The van der Waals surface area contributed by atoms with Gasteiger partial charge in [0, 0.05) is 38.1 Å². The molecule has 1 N–H and O–H groups in total. The zero-order chi connectivity index (χ0) is 19.8. The van der Waals surface area contributed by atoms with E-state index in [4.69, 9.17) is 4.42 Å². The van der Waals surface area contributed by atoms with Crippen LogP contribution < -0.4 is 0 Å². The molecule has 0 atom stereocenters. The number of fused-ring (bicyclic) bond motifs is 1. The molecule has 0 unspecified atom stereocenters. The lowest BCUT2D eigenvalue weighted by molar-refractivity contribution is 0.0622. The summed E-state index contributed by atoms with van der Waals surface area (Å²) >= 11 is 1.62. The molecule has 1 fully saturated rings. The van der Waals surface area contributed by atoms with E-state index in [1.807, 2.05) is 53.6 Å². The van der Waals surface area contributed by atoms with E-state index in [1.165, 1.54) is 0 Å². The third-order valence-electron chi connectivity index (χ3n) is 5.33. The van der Waals surface area contributed by atoms with E-state index in [-0.39, 0.29) is 5.91 Å². The van der Waals surface area contributed by atoms with E-state index >= 15 is 0 Å². The molecule has 1 aromatic carbocycles. The minimum absolute atomic E-state index is 0.0142. The van der Waals surface area contributed by atoms with Gasteiger partial charge in [-0.3, -0.25) is 14.8 Å². The van der Waals surface area contributed by atoms with Crippen molar-refractivity contribution in [2.24, 2.45) is 0 Å². The minimum Gasteiger partial charge on any atom is -0.440 e. The highest BCUT2D eigenvalue weighted by molar-refractivity contribution is 7.13. The number of oxazole rings is 1. The molecule has 3 aromatic heterocycles. The predicted octanol–water partition coefficient (Wildman–Crippen LogP) is 3.55. The molecule has 0 radical (unpaired) electrons. The second kappa shape index (κ2) is 7.46. The highest BCUT2D eigenvalue weighted by Gasteiger charge is 2.26. The number of amides is 1. The molecule has 8 heteroatoms. The summed E-state index contributed by atoms with van der Waals surface area (Å²) in [6.07, 6.45) is 0. The maximum Gasteiger partial charge on any atom is 0.275 e. The predicted molar refractivity (Wildman–Crippen MR) is 112 cm³/mol. The smallest absolute Gasteiger partial charge is 0.275 e. The van der Waals surface area contributed by atoms with Crippen molar-refractivity contribution in [2.45, 2.75) is 13.5 Å². The molecule has 0 aliphatic carbocycles. The van der Waals surface area contributed by atoms with Crippen molar-refractivity contribution < 1.29 is 9.21 Å². The van der Waals surface area contributed by atoms with Crippen LogP contribution in [-0.2, 0) is 6.54 Å². The Kier molecular flexibility index (Phi) is 4.65. The Morgan fingerprint density at radius 3 is 2.79 bits per heavy atom. The minimum atomic E-state index is -0.0142. The Hall–Kier alpha value is -2.97. The molecule has 0 bridgehead atoms. The van der Waals surface area contributed by atoms with Crippen LogP contribution in [0.25, 0.3) is 21.7 Å². The van der Waals surface area contributed by atoms with Gasteiger partial charge in [-0.1, -0.05) is 24.3 Å². The first-order valence-corrected chi connectivity index (χ1v) is 10.5. The molecule has 0 spiro atoms. The number of nitrogens with zero attached hydrogens (tertiary/aromatic N) is 4. The highest BCUT2D eigenvalue weighted by atomic mass is 32.1. The van der Waals surface area contributed by atoms with Crippen LogP contribution in [0.3, 0.4) is 0 Å². The molecule has 4 heterocycles. The molecule has 7 nitrogen and oxygen atoms in total. The van der Waals surface area contributed by atoms with Crippen LogP contribution in [0.5, 0.6) is 0 Å². The standard InChI is InChI=1S/C21H21N5O2S/c1-14-17(22-20(28-14)18-7-4-12-29-18)13-25-8-10-26(11-9-25)21(27)19-15-5-2-3-6-16(15)23-24-19/h2-7,12H,8-11,13H2,1H3,(H,23,24). The normalized spacial score (nSPS) is 15.3. The van der Waals surface area contributed by atoms with Crippen molar-refractivity contribution in [1.82, 2.24) is 25.0 Å². The second-order valence-corrected chi connectivity index (χ2v) is 8.13. The van der Waals surface area contributed by atoms with Crippen molar-refractivity contribution in [3.63, 3.8) is 0 Å². The number of thiophene rings is 1. The van der Waals surface area contributed by atoms with Crippen LogP contribution >= 0.6 is 11.3 Å². The second-order valence-electron chi connectivity index (χ2n) is 7.19. The third kappa shape index (κ3) is 3.45. The first-order valence-electron chi connectivity index (χ1n) is 9.64. The molecule has 1 aliphatic rings. The number of para-hydroxylation sites is 1. The van der Waals surface area contributed by atoms with E-state index in [9.17, 15) is 4.79 Å². The van der Waals surface area contributed by atoms with E-state index in [0.29, 0.717) is 24.7 Å². The van der Waals surface area contributed by atoms with Crippen LogP contribution in [0.1, 0.15) is 21.9 Å². The number of nitrogens with one attached hydrogen (secondary N) is 1. The molecule has 29 heavy (non-hydrogen) atoms. The largest absolute Gasteiger partial charge is 0.440 e. The Labute approximate surface area is 172 Å². The zero-order valence-electron chi connectivity index (χ0n) is 16.1. The van der Waals surface area contributed by atoms with Crippen LogP contribution in [0.2, 0.25) is 0 Å². The number of aromatic nitrogens is 3. The SMILES string of the molecule is Cc1oc(-c2cccs2)nc1CN1CCN(C(=O)c2n[nH]c3ccccc23)CC1. The van der Waals surface area contributed by atoms with Gasteiger partial charge in [0.05, 0.1) is 16.1 Å². The van der Waals surface area contributed by atoms with E-state index < -0.39 is 0 Å². The summed E-state index contributed by atoms with van der Waals surface area (Å²) in [5.74, 6) is 1.53. The number of carbonyl (C=O) groups excluding carboxylic acids is 1. The highest BCUT2D eigenvalue weighted by Crippen LogP contribution is 2.26. The molecule has 1 saturated heterocycles. The number of rotatable bonds is 4. The summed E-state index contributed by atoms with van der Waals surface area (Å²) < 4.78 is 5.85. The van der Waals surface area contributed by atoms with E-state index in [0.717, 1.165) is 46.9 Å². The lowest BCUT2D eigenvalue weighted by Crippen LogP contribution is -2.48. The summed E-state index contributed by atoms with van der Waals surface area (Å²) in [6.45, 7) is 5.64. The molecular formula is C21H21N5O2S. The van der Waals surface area contributed by atoms with Gasteiger partial charge in [-0.2, -0.15) is 5.10 Å². The average molecular weight is 407 g/mol. The fraction of sp³-hybridized carbons (Fsp3) is 0.286. The van der Waals surface area contributed by atoms with Crippen LogP contribution in [0, 0.1) is 6.92 Å². The number of benzene rings is 1. The molecule has 1 amide bonds. The van der Waals surface area contributed by atoms with Gasteiger partial charge < -0.3 is 9.32 Å². The van der Waals surface area contributed by atoms with Gasteiger partial charge in [0.25, 0.3) is 5.91 Å². The van der Waals surface area contributed by atoms with Gasteiger partial charge in [0.2, 0.25) is 5.89 Å². The van der Waals surface area contributed by atoms with Gasteiger partial charge in [0.1, 0.15) is 5.76 Å². The molecule has 0 saturated carbocycles. The summed E-state index contributed by atoms with van der Waals surface area (Å²) in [4.78, 5) is 22.8. The molecule has 1 aliphatic heterocycles. The fourth-order valence-electron chi connectivity index (χ4n) is 3.68. The number of aromatic amines is 1. The topological polar surface area (TPSA) is 78.3 Å². The average Bonchev–Trinajstić information content (AvgIpc) is 3.48. The third-order valence-corrected chi connectivity index (χ3v) is 6.19. The number of carbonyl (C=O) groups is 1. The van der Waals surface area contributed by atoms with Crippen LogP contribution in [-0.4, -0.2) is 57.1 Å². The first-order chi connectivity index (χ1) is 14.2. The van der Waals surface area contributed by atoms with E-state index in [1.54, 1.807) is 11.3 Å². The van der Waals surface area contributed by atoms with Crippen molar-refractivity contribution >= 4 is 28.1 Å². The molecular weight excluding hydrogens is 386 g/mol. The zero-order valence-corrected chi connectivity index (χ0v) is 16.9. The summed E-state index contributed by atoms with van der Waals surface area (Å²) in [7, 11) is 0. The summed E-state index contributed by atoms with van der Waals surface area (Å²) in [6, 6.07) is 11.7. The Bertz CT molecular complexity index is 1140.